The molecule has 1 atom stereocenters. The van der Waals surface area contributed by atoms with Crippen molar-refractivity contribution in [2.75, 3.05) is 27.4 Å². The van der Waals surface area contributed by atoms with E-state index in [2.05, 4.69) is 0 Å². The molecule has 0 radical (unpaired) electrons. The zero-order valence-electron chi connectivity index (χ0n) is 6.87. The van der Waals surface area contributed by atoms with Crippen molar-refractivity contribution >= 4 is 0 Å². The van der Waals surface area contributed by atoms with Gasteiger partial charge in [0.2, 0.25) is 0 Å². The van der Waals surface area contributed by atoms with Gasteiger partial charge >= 0.3 is 0 Å². The van der Waals surface area contributed by atoms with Crippen LogP contribution in [0.4, 0.5) is 0 Å². The Kier molecular flexibility index (Phi) is 2.84. The van der Waals surface area contributed by atoms with Crippen molar-refractivity contribution in [3.05, 3.63) is 0 Å². The first-order chi connectivity index (χ1) is 5.25. The predicted octanol–water partition coefficient (Wildman–Crippen LogP) is -0.243. The lowest BCUT2D eigenvalue weighted by Gasteiger charge is -2.38. The third-order valence-electron chi connectivity index (χ3n) is 2.07. The molecule has 0 aromatic rings. The molecule has 0 bridgehead atoms. The number of ether oxygens (including phenoxy) is 3. The smallest absolute Gasteiger partial charge is 0.198 e. The molecule has 0 unspecified atom stereocenters. The summed E-state index contributed by atoms with van der Waals surface area (Å²) < 4.78 is 15.2. The fourth-order valence-electron chi connectivity index (χ4n) is 1.26. The molecule has 1 fully saturated rings. The van der Waals surface area contributed by atoms with Gasteiger partial charge in [-0.2, -0.15) is 0 Å². The van der Waals surface area contributed by atoms with E-state index >= 15 is 0 Å². The molecule has 66 valence electrons. The third kappa shape index (κ3) is 1.54. The molecular formula is C7H14O4. The van der Waals surface area contributed by atoms with E-state index < -0.39 is 11.9 Å². The Bertz CT molecular complexity index is 122. The molecule has 11 heavy (non-hydrogen) atoms. The Morgan fingerprint density at radius 2 is 2.09 bits per heavy atom. The summed E-state index contributed by atoms with van der Waals surface area (Å²) in [6.07, 6.45) is -0.118. The molecule has 4 heteroatoms. The van der Waals surface area contributed by atoms with E-state index in [-0.39, 0.29) is 6.61 Å². The molecule has 0 amide bonds. The van der Waals surface area contributed by atoms with E-state index in [0.29, 0.717) is 13.0 Å². The highest BCUT2D eigenvalue weighted by Crippen LogP contribution is 2.25. The van der Waals surface area contributed by atoms with Crippen molar-refractivity contribution in [2.24, 2.45) is 0 Å². The molecule has 1 saturated heterocycles. The fraction of sp³-hybridized carbons (Fsp3) is 1.00. The summed E-state index contributed by atoms with van der Waals surface area (Å²) >= 11 is 0. The van der Waals surface area contributed by atoms with Crippen molar-refractivity contribution < 1.29 is 19.3 Å². The average molecular weight is 162 g/mol. The molecule has 0 aromatic heterocycles. The fourth-order valence-corrected chi connectivity index (χ4v) is 1.26. The Hall–Kier alpha value is -0.160. The normalized spacial score (nSPS) is 30.3. The maximum atomic E-state index is 9.44. The SMILES string of the molecule is COC1(OC)CCOC[C@@H]1O. The van der Waals surface area contributed by atoms with Crippen molar-refractivity contribution in [1.29, 1.82) is 0 Å². The molecular weight excluding hydrogens is 148 g/mol. The third-order valence-corrected chi connectivity index (χ3v) is 2.07. The van der Waals surface area contributed by atoms with E-state index in [1.165, 1.54) is 14.2 Å². The van der Waals surface area contributed by atoms with Crippen LogP contribution in [0.25, 0.3) is 0 Å². The molecule has 0 spiro atoms. The number of aliphatic hydroxyl groups is 1. The minimum atomic E-state index is -0.849. The van der Waals surface area contributed by atoms with Crippen LogP contribution in [0, 0.1) is 0 Å². The summed E-state index contributed by atoms with van der Waals surface area (Å²) in [4.78, 5) is 0. The Labute approximate surface area is 66.1 Å². The zero-order chi connectivity index (χ0) is 8.32. The Morgan fingerprint density at radius 1 is 1.45 bits per heavy atom. The maximum absolute atomic E-state index is 9.44. The Balaban J connectivity index is 2.61. The van der Waals surface area contributed by atoms with Crippen LogP contribution in [0.2, 0.25) is 0 Å². The van der Waals surface area contributed by atoms with Gasteiger partial charge in [-0.15, -0.1) is 0 Å². The van der Waals surface area contributed by atoms with Gasteiger partial charge in [-0.3, -0.25) is 0 Å². The molecule has 0 aromatic carbocycles. The van der Waals surface area contributed by atoms with Crippen LogP contribution in [0.3, 0.4) is 0 Å². The topological polar surface area (TPSA) is 47.9 Å². The molecule has 1 heterocycles. The first kappa shape index (κ1) is 8.93. The minimum Gasteiger partial charge on any atom is -0.385 e. The summed E-state index contributed by atoms with van der Waals surface area (Å²) in [5.41, 5.74) is 0. The van der Waals surface area contributed by atoms with Gasteiger partial charge < -0.3 is 19.3 Å². The molecule has 1 N–H and O–H groups in total. The van der Waals surface area contributed by atoms with Gasteiger partial charge in [-0.1, -0.05) is 0 Å². The number of hydrogen-bond donors (Lipinski definition) is 1. The van der Waals surface area contributed by atoms with Crippen LogP contribution in [-0.4, -0.2) is 44.4 Å². The van der Waals surface area contributed by atoms with Gasteiger partial charge in [-0.05, 0) is 0 Å². The summed E-state index contributed by atoms with van der Waals surface area (Å²) in [6.45, 7) is 0.848. The quantitative estimate of drug-likeness (QED) is 0.569. The van der Waals surface area contributed by atoms with Gasteiger partial charge in [0.25, 0.3) is 0 Å². The molecule has 1 rings (SSSR count). The van der Waals surface area contributed by atoms with Gasteiger partial charge in [0.1, 0.15) is 6.10 Å². The molecule has 4 nitrogen and oxygen atoms in total. The zero-order valence-corrected chi connectivity index (χ0v) is 6.87. The van der Waals surface area contributed by atoms with Crippen molar-refractivity contribution in [3.63, 3.8) is 0 Å². The summed E-state index contributed by atoms with van der Waals surface area (Å²) in [5.74, 6) is -0.849. The second-order valence-corrected chi connectivity index (χ2v) is 2.56. The maximum Gasteiger partial charge on any atom is 0.198 e. The van der Waals surface area contributed by atoms with E-state index in [4.69, 9.17) is 14.2 Å². The first-order valence-corrected chi connectivity index (χ1v) is 3.61. The van der Waals surface area contributed by atoms with Crippen LogP contribution in [0.5, 0.6) is 0 Å². The second-order valence-electron chi connectivity index (χ2n) is 2.56. The van der Waals surface area contributed by atoms with Crippen LogP contribution < -0.4 is 0 Å². The number of rotatable bonds is 2. The van der Waals surface area contributed by atoms with Gasteiger partial charge in [0, 0.05) is 20.6 Å². The van der Waals surface area contributed by atoms with Crippen molar-refractivity contribution in [3.8, 4) is 0 Å². The van der Waals surface area contributed by atoms with Gasteiger partial charge in [0.05, 0.1) is 13.2 Å². The standard InChI is InChI=1S/C7H14O4/c1-9-7(10-2)3-4-11-5-6(7)8/h6,8H,3-5H2,1-2H3/t6-/m0/s1. The van der Waals surface area contributed by atoms with E-state index in [1.54, 1.807) is 0 Å². The summed E-state index contributed by atoms with van der Waals surface area (Å²) in [5, 5.41) is 9.44. The van der Waals surface area contributed by atoms with E-state index in [9.17, 15) is 5.11 Å². The first-order valence-electron chi connectivity index (χ1n) is 3.61. The van der Waals surface area contributed by atoms with Crippen molar-refractivity contribution in [1.82, 2.24) is 0 Å². The van der Waals surface area contributed by atoms with Gasteiger partial charge in [0.15, 0.2) is 5.79 Å². The predicted molar refractivity (Wildman–Crippen MR) is 38.2 cm³/mol. The van der Waals surface area contributed by atoms with E-state index in [1.807, 2.05) is 0 Å². The molecule has 0 aliphatic carbocycles. The Morgan fingerprint density at radius 3 is 2.45 bits per heavy atom. The van der Waals surface area contributed by atoms with E-state index in [0.717, 1.165) is 0 Å². The monoisotopic (exact) mass is 162 g/mol. The molecule has 0 saturated carbocycles. The highest BCUT2D eigenvalue weighted by molar-refractivity contribution is 4.81. The van der Waals surface area contributed by atoms with Crippen LogP contribution >= 0.6 is 0 Å². The largest absolute Gasteiger partial charge is 0.385 e. The van der Waals surface area contributed by atoms with Crippen LogP contribution in [-0.2, 0) is 14.2 Å². The highest BCUT2D eigenvalue weighted by atomic mass is 16.7. The van der Waals surface area contributed by atoms with Crippen molar-refractivity contribution in [2.45, 2.75) is 18.3 Å². The van der Waals surface area contributed by atoms with Crippen LogP contribution in [0.15, 0.2) is 0 Å². The lowest BCUT2D eigenvalue weighted by molar-refractivity contribution is -0.292. The summed E-state index contributed by atoms with van der Waals surface area (Å²) in [6, 6.07) is 0. The summed E-state index contributed by atoms with van der Waals surface area (Å²) in [7, 11) is 3.05. The number of methoxy groups -OCH3 is 2. The highest BCUT2D eigenvalue weighted by Gasteiger charge is 2.41. The molecule has 1 aliphatic rings. The number of hydrogen-bond acceptors (Lipinski definition) is 4. The minimum absolute atomic E-state index is 0.279. The van der Waals surface area contributed by atoms with Gasteiger partial charge in [-0.25, -0.2) is 0 Å². The molecule has 1 aliphatic heterocycles. The van der Waals surface area contributed by atoms with Crippen LogP contribution in [0.1, 0.15) is 6.42 Å². The lowest BCUT2D eigenvalue weighted by atomic mass is 10.1. The second kappa shape index (κ2) is 3.49. The number of aliphatic hydroxyl groups excluding tert-OH is 1. The lowest BCUT2D eigenvalue weighted by Crippen LogP contribution is -2.52. The average Bonchev–Trinajstić information content (AvgIpc) is 2.06.